The maximum Gasteiger partial charge on any atom is 0.518 e. The minimum Gasteiger partial charge on any atom is -0.449 e. The maximum atomic E-state index is 9.78. The molecule has 54 valence electrons. The highest BCUT2D eigenvalue weighted by atomic mass is 32.2. The van der Waals surface area contributed by atoms with Crippen LogP contribution in [0.4, 0.5) is 4.79 Å². The third-order valence-electron chi connectivity index (χ3n) is 0.859. The van der Waals surface area contributed by atoms with Crippen molar-refractivity contribution in [3.8, 4) is 0 Å². The van der Waals surface area contributed by atoms with Gasteiger partial charge in [-0.2, -0.15) is 0 Å². The normalized spacial score (nSPS) is 12.7. The van der Waals surface area contributed by atoms with Crippen molar-refractivity contribution in [2.24, 2.45) is 0 Å². The van der Waals surface area contributed by atoms with Gasteiger partial charge in [-0.25, -0.2) is 4.79 Å². The third kappa shape index (κ3) is 5.49. The maximum absolute atomic E-state index is 9.78. The van der Waals surface area contributed by atoms with Crippen LogP contribution >= 0.6 is 12.0 Å². The smallest absolute Gasteiger partial charge is 0.449 e. The summed E-state index contributed by atoms with van der Waals surface area (Å²) in [4.78, 5) is 9.78. The van der Waals surface area contributed by atoms with Gasteiger partial charge >= 0.3 is 6.16 Å². The topological polar surface area (TPSA) is 46.5 Å². The highest BCUT2D eigenvalue weighted by Crippen LogP contribution is 2.14. The monoisotopic (exact) mass is 150 g/mol. The summed E-state index contributed by atoms with van der Waals surface area (Å²) in [7, 11) is 0. The molecule has 1 N–H and O–H groups in total. The summed E-state index contributed by atoms with van der Waals surface area (Å²) >= 11 is 0.985. The van der Waals surface area contributed by atoms with Crippen LogP contribution in [0.2, 0.25) is 0 Å². The average Bonchev–Trinajstić information content (AvgIpc) is 1.83. The Morgan fingerprint density at radius 1 is 1.89 bits per heavy atom. The summed E-state index contributed by atoms with van der Waals surface area (Å²) in [6.07, 6.45) is -0.307. The van der Waals surface area contributed by atoms with E-state index in [1.807, 2.05) is 13.8 Å². The molecule has 4 heteroatoms. The van der Waals surface area contributed by atoms with Gasteiger partial charge in [-0.3, -0.25) is 0 Å². The van der Waals surface area contributed by atoms with Crippen molar-refractivity contribution in [2.45, 2.75) is 25.5 Å². The minimum absolute atomic E-state index is 0.251. The van der Waals surface area contributed by atoms with E-state index in [1.165, 1.54) is 0 Å². The highest BCUT2D eigenvalue weighted by Gasteiger charge is 2.03. The van der Waals surface area contributed by atoms with Crippen molar-refractivity contribution in [1.29, 1.82) is 0 Å². The van der Waals surface area contributed by atoms with Gasteiger partial charge in [0.15, 0.2) is 0 Å². The number of hydrogen-bond acceptors (Lipinski definition) is 3. The predicted molar refractivity (Wildman–Crippen MR) is 36.5 cm³/mol. The van der Waals surface area contributed by atoms with Crippen LogP contribution in [0.3, 0.4) is 0 Å². The zero-order valence-corrected chi connectivity index (χ0v) is 6.27. The molecule has 3 nitrogen and oxygen atoms in total. The van der Waals surface area contributed by atoms with E-state index in [1.54, 1.807) is 0 Å². The minimum atomic E-state index is -1.22. The van der Waals surface area contributed by atoms with Crippen LogP contribution < -0.4 is 0 Å². The molecule has 0 heterocycles. The Bertz CT molecular complexity index is 94.2. The van der Waals surface area contributed by atoms with Crippen molar-refractivity contribution >= 4 is 18.2 Å². The Hall–Kier alpha value is -0.380. The van der Waals surface area contributed by atoms with Gasteiger partial charge in [0, 0.05) is 5.25 Å². The summed E-state index contributed by atoms with van der Waals surface area (Å²) in [5.41, 5.74) is 0. The molecule has 0 rings (SSSR count). The van der Waals surface area contributed by atoms with Crippen LogP contribution in [0, 0.1) is 0 Å². The molecule has 0 aliphatic rings. The molecule has 0 aromatic rings. The van der Waals surface area contributed by atoms with Gasteiger partial charge in [-0.05, 0) is 6.42 Å². The zero-order chi connectivity index (χ0) is 7.28. The molecule has 0 saturated heterocycles. The van der Waals surface area contributed by atoms with E-state index in [2.05, 4.69) is 4.18 Å². The van der Waals surface area contributed by atoms with Gasteiger partial charge in [0.05, 0.1) is 12.0 Å². The first kappa shape index (κ1) is 8.62. The fourth-order valence-corrected chi connectivity index (χ4v) is 0.574. The van der Waals surface area contributed by atoms with E-state index in [0.29, 0.717) is 0 Å². The van der Waals surface area contributed by atoms with E-state index in [9.17, 15) is 4.79 Å². The summed E-state index contributed by atoms with van der Waals surface area (Å²) in [5, 5.41) is 8.27. The van der Waals surface area contributed by atoms with Crippen molar-refractivity contribution < 1.29 is 14.1 Å². The molecule has 0 aliphatic carbocycles. The molecule has 0 aromatic carbocycles. The first-order chi connectivity index (χ1) is 4.16. The van der Waals surface area contributed by atoms with Crippen molar-refractivity contribution in [2.75, 3.05) is 0 Å². The van der Waals surface area contributed by atoms with Crippen LogP contribution in [-0.4, -0.2) is 16.5 Å². The van der Waals surface area contributed by atoms with E-state index >= 15 is 0 Å². The summed E-state index contributed by atoms with van der Waals surface area (Å²) in [6.45, 7) is 3.89. The SMILES string of the molecule is CCC(C)SOC(=O)O. The van der Waals surface area contributed by atoms with Crippen LogP contribution in [0.15, 0.2) is 0 Å². The second-order valence-corrected chi connectivity index (χ2v) is 2.83. The van der Waals surface area contributed by atoms with Crippen LogP contribution in [0.1, 0.15) is 20.3 Å². The van der Waals surface area contributed by atoms with E-state index in [4.69, 9.17) is 5.11 Å². The summed E-state index contributed by atoms with van der Waals surface area (Å²) < 4.78 is 4.23. The highest BCUT2D eigenvalue weighted by molar-refractivity contribution is 7.95. The quantitative estimate of drug-likeness (QED) is 0.626. The number of hydrogen-bond donors (Lipinski definition) is 1. The van der Waals surface area contributed by atoms with E-state index in [-0.39, 0.29) is 5.25 Å². The number of carbonyl (C=O) groups is 1. The predicted octanol–water partition coefficient (Wildman–Crippen LogP) is 2.13. The van der Waals surface area contributed by atoms with Crippen LogP contribution in [0.25, 0.3) is 0 Å². The lowest BCUT2D eigenvalue weighted by molar-refractivity contribution is 0.152. The van der Waals surface area contributed by atoms with Crippen LogP contribution in [0.5, 0.6) is 0 Å². The molecular formula is C5H10O3S. The molecule has 1 atom stereocenters. The van der Waals surface area contributed by atoms with Gasteiger partial charge in [0.2, 0.25) is 0 Å². The van der Waals surface area contributed by atoms with Gasteiger partial charge in [0.25, 0.3) is 0 Å². The molecule has 1 unspecified atom stereocenters. The Balaban J connectivity index is 3.16. The molecule has 0 spiro atoms. The van der Waals surface area contributed by atoms with Crippen molar-refractivity contribution in [1.82, 2.24) is 0 Å². The third-order valence-corrected chi connectivity index (χ3v) is 1.76. The Kier molecular flexibility index (Phi) is 4.30. The standard InChI is InChI=1S/C5H10O3S/c1-3-4(2)9-8-5(6)7/h4H,3H2,1-2H3,(H,6,7). The molecule has 0 bridgehead atoms. The summed E-state index contributed by atoms with van der Waals surface area (Å²) in [6, 6.07) is 0. The second-order valence-electron chi connectivity index (χ2n) is 1.66. The molecule has 0 saturated carbocycles. The Labute approximate surface area is 58.6 Å². The van der Waals surface area contributed by atoms with Gasteiger partial charge in [-0.1, -0.05) is 13.8 Å². The fraction of sp³-hybridized carbons (Fsp3) is 0.800. The Morgan fingerprint density at radius 2 is 2.44 bits per heavy atom. The number of carboxylic acid groups (broad SMARTS) is 1. The lowest BCUT2D eigenvalue weighted by atomic mass is 10.4. The van der Waals surface area contributed by atoms with Crippen molar-refractivity contribution in [3.05, 3.63) is 0 Å². The summed E-state index contributed by atoms with van der Waals surface area (Å²) in [5.74, 6) is 0. The molecule has 0 aromatic heterocycles. The first-order valence-electron chi connectivity index (χ1n) is 2.73. The Morgan fingerprint density at radius 3 is 2.78 bits per heavy atom. The molecule has 9 heavy (non-hydrogen) atoms. The van der Waals surface area contributed by atoms with Gasteiger partial charge < -0.3 is 9.29 Å². The fourth-order valence-electron chi connectivity index (χ4n) is 0.191. The van der Waals surface area contributed by atoms with Gasteiger partial charge in [-0.15, -0.1) is 0 Å². The molecule has 0 radical (unpaired) electrons. The molecule has 0 fully saturated rings. The number of rotatable bonds is 3. The van der Waals surface area contributed by atoms with Crippen molar-refractivity contribution in [3.63, 3.8) is 0 Å². The van der Waals surface area contributed by atoms with Crippen LogP contribution in [-0.2, 0) is 4.18 Å². The average molecular weight is 150 g/mol. The first-order valence-corrected chi connectivity index (χ1v) is 3.53. The van der Waals surface area contributed by atoms with E-state index < -0.39 is 6.16 Å². The molecule has 0 aliphatic heterocycles. The largest absolute Gasteiger partial charge is 0.518 e. The molecular weight excluding hydrogens is 140 g/mol. The lowest BCUT2D eigenvalue weighted by Crippen LogP contribution is -1.98. The zero-order valence-electron chi connectivity index (χ0n) is 5.46. The van der Waals surface area contributed by atoms with Gasteiger partial charge in [0.1, 0.15) is 0 Å². The lowest BCUT2D eigenvalue weighted by Gasteiger charge is -2.02. The molecule has 0 amide bonds. The second kappa shape index (κ2) is 4.49. The van der Waals surface area contributed by atoms with E-state index in [0.717, 1.165) is 18.5 Å².